The van der Waals surface area contributed by atoms with Gasteiger partial charge in [-0.25, -0.2) is 4.39 Å². The summed E-state index contributed by atoms with van der Waals surface area (Å²) in [5.41, 5.74) is 1.19. The van der Waals surface area contributed by atoms with E-state index in [9.17, 15) is 13.2 Å². The zero-order chi connectivity index (χ0) is 15.0. The highest BCUT2D eigenvalue weighted by Crippen LogP contribution is 2.42. The lowest BCUT2D eigenvalue weighted by Crippen LogP contribution is -2.25. The molecule has 110 valence electrons. The normalized spacial score (nSPS) is 16.6. The van der Waals surface area contributed by atoms with Gasteiger partial charge in [0, 0.05) is 11.8 Å². The summed E-state index contributed by atoms with van der Waals surface area (Å²) in [6.45, 7) is 1.82. The predicted octanol–water partition coefficient (Wildman–Crippen LogP) is 3.72. The molecular weight excluding hydrogens is 285 g/mol. The summed E-state index contributed by atoms with van der Waals surface area (Å²) in [6.07, 6.45) is -2.52. The Kier molecular flexibility index (Phi) is 3.12. The highest BCUT2D eigenvalue weighted by Gasteiger charge is 2.43. The smallest absolute Gasteiger partial charge is 0.395 e. The van der Waals surface area contributed by atoms with E-state index < -0.39 is 12.1 Å². The Morgan fingerprint density at radius 1 is 1.14 bits per heavy atom. The third-order valence-corrected chi connectivity index (χ3v) is 2.98. The molecule has 3 rings (SSSR count). The first-order valence-electron chi connectivity index (χ1n) is 6.21. The summed E-state index contributed by atoms with van der Waals surface area (Å²) in [5, 5.41) is 3.07. The fourth-order valence-corrected chi connectivity index (χ4v) is 2.01. The average molecular weight is 296 g/mol. The number of benzene rings is 1. The molecule has 0 fully saturated rings. The number of ether oxygens (including phenoxy) is 2. The van der Waals surface area contributed by atoms with Crippen molar-refractivity contribution in [2.75, 3.05) is 5.32 Å². The minimum absolute atomic E-state index is 0.0156. The summed E-state index contributed by atoms with van der Waals surface area (Å²) in [6, 6.07) is 7.02. The van der Waals surface area contributed by atoms with E-state index in [4.69, 9.17) is 0 Å². The molecule has 2 heterocycles. The van der Waals surface area contributed by atoms with Crippen molar-refractivity contribution in [3.05, 3.63) is 48.0 Å². The molecule has 1 atom stereocenters. The fraction of sp³-hybridized carbons (Fsp3) is 0.214. The van der Waals surface area contributed by atoms with Crippen LogP contribution >= 0.6 is 0 Å². The Morgan fingerprint density at radius 3 is 2.62 bits per heavy atom. The van der Waals surface area contributed by atoms with Crippen LogP contribution in [0, 0.1) is 5.82 Å². The van der Waals surface area contributed by atoms with Crippen molar-refractivity contribution < 1.29 is 22.6 Å². The summed E-state index contributed by atoms with van der Waals surface area (Å²) in [5.74, 6) is -0.473. The molecule has 7 heteroatoms. The van der Waals surface area contributed by atoms with Gasteiger partial charge in [-0.2, -0.15) is 0 Å². The highest BCUT2D eigenvalue weighted by molar-refractivity contribution is 5.56. The van der Waals surface area contributed by atoms with Gasteiger partial charge < -0.3 is 14.8 Å². The molecule has 1 unspecified atom stereocenters. The number of halogens is 3. The van der Waals surface area contributed by atoms with Crippen LogP contribution in [0.15, 0.2) is 36.5 Å². The molecule has 0 amide bonds. The third-order valence-electron chi connectivity index (χ3n) is 2.98. The van der Waals surface area contributed by atoms with Crippen molar-refractivity contribution >= 4 is 5.69 Å². The van der Waals surface area contributed by atoms with Crippen LogP contribution in [0.25, 0.3) is 0 Å². The molecule has 21 heavy (non-hydrogen) atoms. The zero-order valence-corrected chi connectivity index (χ0v) is 10.9. The molecule has 0 spiro atoms. The predicted molar refractivity (Wildman–Crippen MR) is 68.9 cm³/mol. The maximum atomic E-state index is 12.9. The molecule has 1 aliphatic rings. The third kappa shape index (κ3) is 2.86. The quantitative estimate of drug-likeness (QED) is 0.937. The number of fused-ring (bicyclic) bond motifs is 1. The van der Waals surface area contributed by atoms with E-state index >= 15 is 0 Å². The van der Waals surface area contributed by atoms with Crippen LogP contribution in [0.3, 0.4) is 0 Å². The van der Waals surface area contributed by atoms with E-state index in [0.29, 0.717) is 11.4 Å². The second-order valence-corrected chi connectivity index (χ2v) is 4.60. The fourth-order valence-electron chi connectivity index (χ4n) is 2.01. The van der Waals surface area contributed by atoms with Crippen molar-refractivity contribution in [2.24, 2.45) is 0 Å². The lowest BCUT2D eigenvalue weighted by atomic mass is 10.2. The molecule has 0 bridgehead atoms. The lowest BCUT2D eigenvalue weighted by molar-refractivity contribution is -0.286. The molecule has 0 saturated heterocycles. The van der Waals surface area contributed by atoms with Gasteiger partial charge in [0.25, 0.3) is 0 Å². The first-order valence-corrected chi connectivity index (χ1v) is 6.21. The van der Waals surface area contributed by atoms with Gasteiger partial charge >= 0.3 is 6.29 Å². The highest BCUT2D eigenvalue weighted by atomic mass is 19.3. The van der Waals surface area contributed by atoms with Crippen LogP contribution < -0.4 is 14.8 Å². The van der Waals surface area contributed by atoms with Crippen molar-refractivity contribution in [2.45, 2.75) is 19.3 Å². The molecule has 1 aromatic heterocycles. The Bertz CT molecular complexity index is 662. The van der Waals surface area contributed by atoms with Crippen LogP contribution in [0.4, 0.5) is 18.9 Å². The van der Waals surface area contributed by atoms with Crippen LogP contribution in [0.5, 0.6) is 11.5 Å². The first-order chi connectivity index (χ1) is 9.93. The maximum Gasteiger partial charge on any atom is 0.586 e. The SMILES string of the molecule is CC(Nc1ccc2c(c1)OC(F)(F)O2)c1ccc(F)cn1. The van der Waals surface area contributed by atoms with E-state index in [1.165, 1.54) is 18.2 Å². The summed E-state index contributed by atoms with van der Waals surface area (Å²) in [7, 11) is 0. The summed E-state index contributed by atoms with van der Waals surface area (Å²) >= 11 is 0. The molecule has 1 aliphatic heterocycles. The lowest BCUT2D eigenvalue weighted by Gasteiger charge is -2.14. The van der Waals surface area contributed by atoms with Gasteiger partial charge in [-0.1, -0.05) is 0 Å². The average Bonchev–Trinajstić information content (AvgIpc) is 2.72. The van der Waals surface area contributed by atoms with Crippen molar-refractivity contribution in [3.8, 4) is 11.5 Å². The Balaban J connectivity index is 1.76. The number of pyridine rings is 1. The van der Waals surface area contributed by atoms with E-state index in [1.807, 2.05) is 6.92 Å². The number of hydrogen-bond acceptors (Lipinski definition) is 4. The van der Waals surface area contributed by atoms with E-state index in [1.54, 1.807) is 12.1 Å². The molecule has 1 aromatic carbocycles. The zero-order valence-electron chi connectivity index (χ0n) is 10.9. The Labute approximate surface area is 118 Å². The molecule has 0 aliphatic carbocycles. The van der Waals surface area contributed by atoms with Crippen LogP contribution in [0.1, 0.15) is 18.7 Å². The molecule has 0 saturated carbocycles. The number of alkyl halides is 2. The van der Waals surface area contributed by atoms with Gasteiger partial charge in [0.1, 0.15) is 5.82 Å². The second-order valence-electron chi connectivity index (χ2n) is 4.60. The number of nitrogens with one attached hydrogen (secondary N) is 1. The Hall–Kier alpha value is -2.44. The minimum Gasteiger partial charge on any atom is -0.395 e. The van der Waals surface area contributed by atoms with Gasteiger partial charge in [-0.15, -0.1) is 8.78 Å². The monoisotopic (exact) mass is 296 g/mol. The number of hydrogen-bond donors (Lipinski definition) is 1. The van der Waals surface area contributed by atoms with Crippen LogP contribution in [-0.4, -0.2) is 11.3 Å². The number of aromatic nitrogens is 1. The molecule has 0 radical (unpaired) electrons. The summed E-state index contributed by atoms with van der Waals surface area (Å²) < 4.78 is 47.4. The first kappa shape index (κ1) is 13.5. The standard InChI is InChI=1S/C14H11F3N2O2/c1-8(11-4-2-9(15)7-18-11)19-10-3-5-12-13(6-10)21-14(16,17)20-12/h2-8,19H,1H3. The molecular formula is C14H11F3N2O2. The van der Waals surface area contributed by atoms with E-state index in [0.717, 1.165) is 6.20 Å². The Morgan fingerprint density at radius 2 is 1.90 bits per heavy atom. The topological polar surface area (TPSA) is 43.4 Å². The van der Waals surface area contributed by atoms with Crippen LogP contribution in [0.2, 0.25) is 0 Å². The van der Waals surface area contributed by atoms with Crippen molar-refractivity contribution in [3.63, 3.8) is 0 Å². The van der Waals surface area contributed by atoms with Crippen molar-refractivity contribution in [1.82, 2.24) is 4.98 Å². The van der Waals surface area contributed by atoms with Crippen LogP contribution in [-0.2, 0) is 0 Å². The number of anilines is 1. The minimum atomic E-state index is -3.63. The second kappa shape index (κ2) is 4.83. The molecule has 2 aromatic rings. The number of rotatable bonds is 3. The largest absolute Gasteiger partial charge is 0.586 e. The van der Waals surface area contributed by atoms with Gasteiger partial charge in [-0.05, 0) is 31.2 Å². The van der Waals surface area contributed by atoms with Gasteiger partial charge in [0.2, 0.25) is 0 Å². The van der Waals surface area contributed by atoms with Gasteiger partial charge in [0.15, 0.2) is 11.5 Å². The van der Waals surface area contributed by atoms with E-state index in [-0.39, 0.29) is 17.5 Å². The van der Waals surface area contributed by atoms with Gasteiger partial charge in [-0.3, -0.25) is 4.98 Å². The van der Waals surface area contributed by atoms with E-state index in [2.05, 4.69) is 19.8 Å². The van der Waals surface area contributed by atoms with Crippen molar-refractivity contribution in [1.29, 1.82) is 0 Å². The molecule has 1 N–H and O–H groups in total. The maximum absolute atomic E-state index is 12.9. The molecule has 4 nitrogen and oxygen atoms in total. The van der Waals surface area contributed by atoms with Gasteiger partial charge in [0.05, 0.1) is 17.9 Å². The number of nitrogens with zero attached hydrogens (tertiary/aromatic N) is 1. The summed E-state index contributed by atoms with van der Waals surface area (Å²) in [4.78, 5) is 3.96.